The van der Waals surface area contributed by atoms with Gasteiger partial charge in [0.05, 0.1) is 11.7 Å². The van der Waals surface area contributed by atoms with Crippen LogP contribution in [0.2, 0.25) is 0 Å². The van der Waals surface area contributed by atoms with Gasteiger partial charge in [0.1, 0.15) is 6.04 Å². The van der Waals surface area contributed by atoms with Gasteiger partial charge in [-0.25, -0.2) is 0 Å². The molecule has 156 valence electrons. The predicted molar refractivity (Wildman–Crippen MR) is 102 cm³/mol. The number of rotatable bonds is 4. The van der Waals surface area contributed by atoms with E-state index in [-0.39, 0.29) is 12.0 Å². The molecule has 6 nitrogen and oxygen atoms in total. The Labute approximate surface area is 166 Å². The first kappa shape index (κ1) is 19.9. The van der Waals surface area contributed by atoms with Crippen molar-refractivity contribution in [1.82, 2.24) is 24.8 Å². The molecule has 1 aliphatic rings. The lowest BCUT2D eigenvalue weighted by molar-refractivity contribution is -0.181. The molecule has 0 radical (unpaired) electrons. The summed E-state index contributed by atoms with van der Waals surface area (Å²) in [5, 5.41) is 9.56. The molecule has 1 aliphatic heterocycles. The Hall–Kier alpha value is -2.42. The summed E-state index contributed by atoms with van der Waals surface area (Å²) in [5.41, 5.74) is 1.83. The van der Waals surface area contributed by atoms with E-state index in [9.17, 15) is 13.2 Å². The van der Waals surface area contributed by atoms with Gasteiger partial charge in [-0.1, -0.05) is 17.3 Å². The van der Waals surface area contributed by atoms with Crippen LogP contribution in [0.25, 0.3) is 22.3 Å². The summed E-state index contributed by atoms with van der Waals surface area (Å²) in [4.78, 5) is 6.01. The number of nitrogens with zero attached hydrogens (tertiary/aromatic N) is 5. The maximum Gasteiger partial charge on any atom is 0.403 e. The molecule has 1 unspecified atom stereocenters. The second-order valence-corrected chi connectivity index (χ2v) is 7.94. The van der Waals surface area contributed by atoms with Crippen LogP contribution < -0.4 is 0 Å². The maximum atomic E-state index is 12.9. The van der Waals surface area contributed by atoms with Crippen molar-refractivity contribution in [3.63, 3.8) is 0 Å². The standard InChI is InChI=1S/C20H24F3N5O/c1-12(2)28-17-10-15(4-5-16(17)11-24-28)18-25-19(29-26-18)14-6-8-27(9-7-14)13(3)20(21,22)23/h4-5,10-14H,6-9H2,1-3H3. The average molecular weight is 407 g/mol. The number of fused-ring (bicyclic) bond motifs is 1. The Bertz CT molecular complexity index is 986. The van der Waals surface area contributed by atoms with Crippen molar-refractivity contribution in [2.75, 3.05) is 13.1 Å². The van der Waals surface area contributed by atoms with E-state index in [2.05, 4.69) is 29.1 Å². The first-order valence-corrected chi connectivity index (χ1v) is 9.86. The van der Waals surface area contributed by atoms with Gasteiger partial charge in [-0.2, -0.15) is 23.3 Å². The molecule has 0 aliphatic carbocycles. The Kier molecular flexibility index (Phi) is 5.10. The first-order valence-electron chi connectivity index (χ1n) is 9.86. The number of hydrogen-bond donors (Lipinski definition) is 0. The molecule has 1 aromatic carbocycles. The molecule has 0 amide bonds. The smallest absolute Gasteiger partial charge is 0.339 e. The minimum absolute atomic E-state index is 0.0159. The van der Waals surface area contributed by atoms with Gasteiger partial charge in [0.2, 0.25) is 11.7 Å². The Morgan fingerprint density at radius 1 is 1.14 bits per heavy atom. The molecule has 3 aromatic rings. The van der Waals surface area contributed by atoms with Crippen LogP contribution in [-0.4, -0.2) is 50.1 Å². The van der Waals surface area contributed by atoms with Gasteiger partial charge in [-0.15, -0.1) is 0 Å². The summed E-state index contributed by atoms with van der Waals surface area (Å²) < 4.78 is 46.2. The molecule has 4 rings (SSSR count). The molecular weight excluding hydrogens is 383 g/mol. The highest BCUT2D eigenvalue weighted by Gasteiger charge is 2.41. The van der Waals surface area contributed by atoms with Crippen LogP contribution in [0.15, 0.2) is 28.9 Å². The summed E-state index contributed by atoms with van der Waals surface area (Å²) in [6, 6.07) is 4.69. The molecule has 29 heavy (non-hydrogen) atoms. The molecular formula is C20H24F3N5O. The number of hydrogen-bond acceptors (Lipinski definition) is 5. The Morgan fingerprint density at radius 2 is 1.86 bits per heavy atom. The van der Waals surface area contributed by atoms with Crippen molar-refractivity contribution in [2.24, 2.45) is 0 Å². The van der Waals surface area contributed by atoms with Crippen LogP contribution in [0.4, 0.5) is 13.2 Å². The third kappa shape index (κ3) is 3.88. The predicted octanol–water partition coefficient (Wildman–Crippen LogP) is 4.80. The summed E-state index contributed by atoms with van der Waals surface area (Å²) in [6.45, 7) is 6.07. The first-order chi connectivity index (χ1) is 13.7. The number of likely N-dealkylation sites (tertiary alicyclic amines) is 1. The van der Waals surface area contributed by atoms with Gasteiger partial charge < -0.3 is 4.52 Å². The molecule has 0 bridgehead atoms. The Morgan fingerprint density at radius 3 is 2.52 bits per heavy atom. The van der Waals surface area contributed by atoms with Crippen molar-refractivity contribution in [2.45, 2.75) is 57.8 Å². The van der Waals surface area contributed by atoms with Crippen molar-refractivity contribution in [3.8, 4) is 11.4 Å². The number of alkyl halides is 3. The van der Waals surface area contributed by atoms with Gasteiger partial charge in [0.15, 0.2) is 0 Å². The largest absolute Gasteiger partial charge is 0.403 e. The van der Waals surface area contributed by atoms with Gasteiger partial charge in [0.25, 0.3) is 0 Å². The molecule has 2 aromatic heterocycles. The fraction of sp³-hybridized carbons (Fsp3) is 0.550. The molecule has 1 atom stereocenters. The van der Waals surface area contributed by atoms with E-state index in [1.54, 1.807) is 0 Å². The van der Waals surface area contributed by atoms with Crippen LogP contribution in [0.1, 0.15) is 51.5 Å². The minimum Gasteiger partial charge on any atom is -0.339 e. The van der Waals surface area contributed by atoms with E-state index in [0.29, 0.717) is 37.6 Å². The normalized spacial score (nSPS) is 18.0. The van der Waals surface area contributed by atoms with E-state index in [4.69, 9.17) is 4.52 Å². The van der Waals surface area contributed by atoms with Gasteiger partial charge in [-0.3, -0.25) is 9.58 Å². The van der Waals surface area contributed by atoms with Gasteiger partial charge in [-0.05, 0) is 52.8 Å². The molecule has 0 saturated carbocycles. The highest BCUT2D eigenvalue weighted by molar-refractivity contribution is 5.83. The quantitative estimate of drug-likeness (QED) is 0.622. The summed E-state index contributed by atoms with van der Waals surface area (Å²) in [5.74, 6) is 0.971. The maximum absolute atomic E-state index is 12.9. The summed E-state index contributed by atoms with van der Waals surface area (Å²) >= 11 is 0. The second-order valence-electron chi connectivity index (χ2n) is 7.94. The second kappa shape index (κ2) is 7.44. The Balaban J connectivity index is 1.49. The lowest BCUT2D eigenvalue weighted by Crippen LogP contribution is -2.47. The zero-order valence-corrected chi connectivity index (χ0v) is 16.6. The van der Waals surface area contributed by atoms with Crippen LogP contribution in [0.5, 0.6) is 0 Å². The lowest BCUT2D eigenvalue weighted by Gasteiger charge is -2.35. The van der Waals surface area contributed by atoms with Crippen molar-refractivity contribution < 1.29 is 17.7 Å². The van der Waals surface area contributed by atoms with Crippen LogP contribution in [-0.2, 0) is 0 Å². The van der Waals surface area contributed by atoms with Crippen molar-refractivity contribution in [3.05, 3.63) is 30.3 Å². The van der Waals surface area contributed by atoms with E-state index in [1.807, 2.05) is 29.1 Å². The highest BCUT2D eigenvalue weighted by Crippen LogP contribution is 2.33. The topological polar surface area (TPSA) is 60.0 Å². The van der Waals surface area contributed by atoms with Crippen LogP contribution in [0, 0.1) is 0 Å². The number of halogens is 3. The third-order valence-corrected chi connectivity index (χ3v) is 5.69. The molecule has 1 saturated heterocycles. The number of piperidine rings is 1. The summed E-state index contributed by atoms with van der Waals surface area (Å²) in [6.07, 6.45) is -1.23. The van der Waals surface area contributed by atoms with Crippen molar-refractivity contribution >= 4 is 10.9 Å². The van der Waals surface area contributed by atoms with E-state index >= 15 is 0 Å². The van der Waals surface area contributed by atoms with E-state index in [0.717, 1.165) is 16.5 Å². The SMILES string of the molecule is CC(C)n1ncc2ccc(-c3noc(C4CCN(C(C)C(F)(F)F)CC4)n3)cc21. The van der Waals surface area contributed by atoms with Crippen molar-refractivity contribution in [1.29, 1.82) is 0 Å². The molecule has 3 heterocycles. The lowest BCUT2D eigenvalue weighted by atomic mass is 9.95. The minimum atomic E-state index is -4.20. The van der Waals surface area contributed by atoms with Gasteiger partial charge >= 0.3 is 6.18 Å². The third-order valence-electron chi connectivity index (χ3n) is 5.69. The zero-order chi connectivity index (χ0) is 20.8. The number of aromatic nitrogens is 4. The monoisotopic (exact) mass is 407 g/mol. The highest BCUT2D eigenvalue weighted by atomic mass is 19.4. The fourth-order valence-electron chi connectivity index (χ4n) is 3.85. The summed E-state index contributed by atoms with van der Waals surface area (Å²) in [7, 11) is 0. The van der Waals surface area contributed by atoms with E-state index < -0.39 is 12.2 Å². The molecule has 9 heteroatoms. The number of benzene rings is 1. The van der Waals surface area contributed by atoms with Crippen LogP contribution in [0.3, 0.4) is 0 Å². The van der Waals surface area contributed by atoms with Crippen LogP contribution >= 0.6 is 0 Å². The van der Waals surface area contributed by atoms with E-state index in [1.165, 1.54) is 11.8 Å². The fourth-order valence-corrected chi connectivity index (χ4v) is 3.85. The zero-order valence-electron chi connectivity index (χ0n) is 16.6. The average Bonchev–Trinajstić information content (AvgIpc) is 3.33. The molecule has 1 fully saturated rings. The molecule has 0 spiro atoms. The molecule has 0 N–H and O–H groups in total. The van der Waals surface area contributed by atoms with Gasteiger partial charge in [0, 0.05) is 22.9 Å².